The molecule has 1 aromatic rings. The molecule has 1 amide bonds. The number of pyridine rings is 1. The van der Waals surface area contributed by atoms with Crippen molar-refractivity contribution in [2.75, 3.05) is 44.3 Å². The molecule has 1 aliphatic heterocycles. The summed E-state index contributed by atoms with van der Waals surface area (Å²) in [5, 5.41) is 6.60. The number of amides is 1. The third-order valence-electron chi connectivity index (χ3n) is 4.70. The van der Waals surface area contributed by atoms with Crippen molar-refractivity contribution >= 4 is 41.7 Å². The van der Waals surface area contributed by atoms with Gasteiger partial charge in [0.15, 0.2) is 5.96 Å². The van der Waals surface area contributed by atoms with Gasteiger partial charge in [-0.05, 0) is 39.2 Å². The number of halogens is 1. The maximum atomic E-state index is 11.6. The summed E-state index contributed by atoms with van der Waals surface area (Å²) in [6, 6.07) is 3.96. The third-order valence-corrected chi connectivity index (χ3v) is 4.70. The van der Waals surface area contributed by atoms with Crippen molar-refractivity contribution in [1.82, 2.24) is 15.6 Å². The maximum Gasteiger partial charge on any atom is 0.222 e. The Morgan fingerprint density at radius 3 is 2.97 bits per heavy atom. The van der Waals surface area contributed by atoms with Crippen LogP contribution in [0.4, 0.5) is 5.82 Å². The molecule has 2 rings (SSSR count). The summed E-state index contributed by atoms with van der Waals surface area (Å²) in [4.78, 5) is 23.0. The van der Waals surface area contributed by atoms with Crippen molar-refractivity contribution in [3.8, 4) is 0 Å². The van der Waals surface area contributed by atoms with Crippen LogP contribution in [0.5, 0.6) is 0 Å². The zero-order chi connectivity index (χ0) is 20.2. The minimum atomic E-state index is -0.231. The first-order valence-corrected chi connectivity index (χ1v) is 10.2. The fourth-order valence-electron chi connectivity index (χ4n) is 3.27. The molecule has 1 aliphatic rings. The molecule has 0 radical (unpaired) electrons. The molecule has 0 saturated carbocycles. The predicted molar refractivity (Wildman–Crippen MR) is 128 cm³/mol. The van der Waals surface area contributed by atoms with E-state index in [0.29, 0.717) is 13.1 Å². The third kappa shape index (κ3) is 8.73. The summed E-state index contributed by atoms with van der Waals surface area (Å²) >= 11 is 0. The first kappa shape index (κ1) is 25.4. The van der Waals surface area contributed by atoms with Gasteiger partial charge in [-0.2, -0.15) is 0 Å². The van der Waals surface area contributed by atoms with Crippen molar-refractivity contribution < 1.29 is 9.53 Å². The second-order valence-corrected chi connectivity index (χ2v) is 6.85. The van der Waals surface area contributed by atoms with Gasteiger partial charge >= 0.3 is 0 Å². The van der Waals surface area contributed by atoms with Crippen molar-refractivity contribution in [2.45, 2.75) is 39.7 Å². The monoisotopic (exact) mass is 518 g/mol. The average Bonchev–Trinajstić information content (AvgIpc) is 2.72. The lowest BCUT2D eigenvalue weighted by atomic mass is 9.97. The number of rotatable bonds is 10. The smallest absolute Gasteiger partial charge is 0.222 e. The summed E-state index contributed by atoms with van der Waals surface area (Å²) in [7, 11) is 0. The molecule has 0 aromatic carbocycles. The molecule has 1 aromatic heterocycles. The van der Waals surface area contributed by atoms with E-state index in [1.165, 1.54) is 0 Å². The molecule has 1 fully saturated rings. The van der Waals surface area contributed by atoms with Crippen LogP contribution in [0.3, 0.4) is 0 Å². The van der Waals surface area contributed by atoms with Crippen LogP contribution >= 0.6 is 24.0 Å². The van der Waals surface area contributed by atoms with Crippen LogP contribution in [0.2, 0.25) is 0 Å². The van der Waals surface area contributed by atoms with Crippen molar-refractivity contribution in [3.63, 3.8) is 0 Å². The molecule has 0 bridgehead atoms. The summed E-state index contributed by atoms with van der Waals surface area (Å²) in [6.07, 6.45) is 4.51. The van der Waals surface area contributed by atoms with Gasteiger partial charge in [0.2, 0.25) is 5.91 Å². The number of nitrogens with zero attached hydrogens (tertiary/aromatic N) is 3. The van der Waals surface area contributed by atoms with Crippen LogP contribution in [0, 0.1) is 5.92 Å². The molecule has 164 valence electrons. The van der Waals surface area contributed by atoms with Gasteiger partial charge in [0.1, 0.15) is 5.82 Å². The lowest BCUT2D eigenvalue weighted by molar-refractivity contribution is -0.122. The van der Waals surface area contributed by atoms with Gasteiger partial charge < -0.3 is 26.0 Å². The molecular formula is C20H35IN6O2. The molecular weight excluding hydrogens is 483 g/mol. The first-order chi connectivity index (χ1) is 13.7. The zero-order valence-corrected chi connectivity index (χ0v) is 19.9. The Balaban J connectivity index is 0.00000420. The minimum absolute atomic E-state index is 0. The number of primary amides is 1. The number of nitrogens with two attached hydrogens (primary N) is 1. The lowest BCUT2D eigenvalue weighted by Gasteiger charge is -2.33. The van der Waals surface area contributed by atoms with E-state index in [1.54, 1.807) is 6.20 Å². The molecule has 8 nitrogen and oxygen atoms in total. The van der Waals surface area contributed by atoms with Gasteiger partial charge in [-0.3, -0.25) is 4.79 Å². The highest BCUT2D eigenvalue weighted by molar-refractivity contribution is 14.0. The molecule has 1 atom stereocenters. The Kier molecular flexibility index (Phi) is 12.6. The number of guanidine groups is 1. The standard InChI is InChI=1S/C20H34N6O2.HI/c1-3-22-20(24-11-7-13-28-4-2)25-14-16-8-5-10-23-19(16)26-12-6-9-17(15-26)18(21)27;/h5,8,10,17H,3-4,6-7,9,11-15H2,1-2H3,(H2,21,27)(H2,22,24,25);1H. The van der Waals surface area contributed by atoms with Crippen LogP contribution < -0.4 is 21.3 Å². The number of anilines is 1. The highest BCUT2D eigenvalue weighted by Crippen LogP contribution is 2.24. The number of ether oxygens (including phenoxy) is 1. The number of hydrogen-bond donors (Lipinski definition) is 3. The molecule has 9 heteroatoms. The first-order valence-electron chi connectivity index (χ1n) is 10.2. The minimum Gasteiger partial charge on any atom is -0.382 e. The molecule has 0 spiro atoms. The topological polar surface area (TPSA) is 105 Å². The number of carbonyl (C=O) groups excluding carboxylic acids is 1. The highest BCUT2D eigenvalue weighted by atomic mass is 127. The van der Waals surface area contributed by atoms with Gasteiger partial charge in [0.05, 0.1) is 12.5 Å². The fourth-order valence-corrected chi connectivity index (χ4v) is 3.27. The number of piperidine rings is 1. The van der Waals surface area contributed by atoms with Crippen molar-refractivity contribution in [3.05, 3.63) is 23.9 Å². The summed E-state index contributed by atoms with van der Waals surface area (Å²) in [5.41, 5.74) is 6.56. The largest absolute Gasteiger partial charge is 0.382 e. The lowest BCUT2D eigenvalue weighted by Crippen LogP contribution is -2.42. The summed E-state index contributed by atoms with van der Waals surface area (Å²) < 4.78 is 5.37. The Bertz CT molecular complexity index is 643. The second kappa shape index (κ2) is 14.4. The molecule has 4 N–H and O–H groups in total. The Labute approximate surface area is 191 Å². The van der Waals surface area contributed by atoms with Crippen LogP contribution in [-0.2, 0) is 16.1 Å². The van der Waals surface area contributed by atoms with E-state index in [-0.39, 0.29) is 35.8 Å². The molecule has 1 unspecified atom stereocenters. The van der Waals surface area contributed by atoms with Crippen molar-refractivity contribution in [2.24, 2.45) is 16.6 Å². The van der Waals surface area contributed by atoms with Gasteiger partial charge in [-0.25, -0.2) is 9.98 Å². The second-order valence-electron chi connectivity index (χ2n) is 6.85. The average molecular weight is 518 g/mol. The molecule has 1 saturated heterocycles. The van der Waals surface area contributed by atoms with E-state index in [2.05, 4.69) is 20.5 Å². The Morgan fingerprint density at radius 2 is 2.24 bits per heavy atom. The van der Waals surface area contributed by atoms with Gasteiger partial charge in [0.25, 0.3) is 0 Å². The van der Waals surface area contributed by atoms with Crippen LogP contribution in [0.25, 0.3) is 0 Å². The number of hydrogen-bond acceptors (Lipinski definition) is 5. The fraction of sp³-hybridized carbons (Fsp3) is 0.650. The van der Waals surface area contributed by atoms with Gasteiger partial charge in [-0.15, -0.1) is 24.0 Å². The summed E-state index contributed by atoms with van der Waals surface area (Å²) in [5.74, 6) is 1.33. The summed E-state index contributed by atoms with van der Waals surface area (Å²) in [6.45, 7) is 9.15. The number of aromatic nitrogens is 1. The van der Waals surface area contributed by atoms with E-state index in [9.17, 15) is 4.79 Å². The van der Waals surface area contributed by atoms with E-state index < -0.39 is 0 Å². The quantitative estimate of drug-likeness (QED) is 0.189. The molecule has 29 heavy (non-hydrogen) atoms. The van der Waals surface area contributed by atoms with Crippen molar-refractivity contribution in [1.29, 1.82) is 0 Å². The Hall–Kier alpha value is -1.62. The molecule has 2 heterocycles. The number of nitrogens with one attached hydrogen (secondary N) is 2. The van der Waals surface area contributed by atoms with Gasteiger partial charge in [0, 0.05) is 51.2 Å². The zero-order valence-electron chi connectivity index (χ0n) is 17.5. The Morgan fingerprint density at radius 1 is 1.41 bits per heavy atom. The normalized spacial score (nSPS) is 16.8. The maximum absolute atomic E-state index is 11.6. The molecule has 0 aliphatic carbocycles. The number of aliphatic imine (C=N–C) groups is 1. The van der Waals surface area contributed by atoms with Crippen LogP contribution in [0.15, 0.2) is 23.3 Å². The van der Waals surface area contributed by atoms with E-state index in [1.807, 2.05) is 26.0 Å². The van der Waals surface area contributed by atoms with Crippen LogP contribution in [0.1, 0.15) is 38.7 Å². The SMILES string of the molecule is CCNC(=NCc1cccnc1N1CCCC(C(N)=O)C1)NCCCOCC.I. The van der Waals surface area contributed by atoms with Gasteiger partial charge in [-0.1, -0.05) is 6.07 Å². The van der Waals surface area contributed by atoms with E-state index in [0.717, 1.165) is 69.5 Å². The van der Waals surface area contributed by atoms with Crippen LogP contribution in [-0.4, -0.2) is 56.2 Å². The highest BCUT2D eigenvalue weighted by Gasteiger charge is 2.25. The predicted octanol–water partition coefficient (Wildman–Crippen LogP) is 1.88. The van der Waals surface area contributed by atoms with E-state index in [4.69, 9.17) is 15.5 Å². The number of carbonyl (C=O) groups is 1. The van der Waals surface area contributed by atoms with E-state index >= 15 is 0 Å².